The van der Waals surface area contributed by atoms with Crippen LogP contribution < -0.4 is 20.7 Å². The van der Waals surface area contributed by atoms with Crippen LogP contribution in [-0.2, 0) is 9.59 Å². The van der Waals surface area contributed by atoms with Crippen molar-refractivity contribution in [3.63, 3.8) is 0 Å². The van der Waals surface area contributed by atoms with E-state index in [0.717, 1.165) is 16.2 Å². The molecule has 5 rings (SSSR count). The second-order valence-electron chi connectivity index (χ2n) is 10.2. The number of aromatic nitrogens is 1. The molecule has 242 valence electrons. The number of carbonyl (C=O) groups is 3. The fraction of sp³-hybridized carbons (Fsp3) is 0.0857. The Labute approximate surface area is 284 Å². The summed E-state index contributed by atoms with van der Waals surface area (Å²) in [6, 6.07) is 28.5. The van der Waals surface area contributed by atoms with Gasteiger partial charge in [0.25, 0.3) is 17.5 Å². The largest absolute Gasteiger partial charge is 0.497 e. The third-order valence-electron chi connectivity index (χ3n) is 6.86. The van der Waals surface area contributed by atoms with E-state index in [1.165, 1.54) is 47.4 Å². The number of anilines is 2. The first kappa shape index (κ1) is 33.6. The Kier molecular flexibility index (Phi) is 11.0. The van der Waals surface area contributed by atoms with E-state index in [0.29, 0.717) is 22.1 Å². The van der Waals surface area contributed by atoms with Crippen molar-refractivity contribution in [3.05, 3.63) is 135 Å². The first-order valence-electron chi connectivity index (χ1n) is 14.5. The number of thiazole rings is 1. The average molecular weight is 680 g/mol. The molecule has 1 unspecified atom stereocenters. The molecule has 11 nitrogen and oxygen atoms in total. The molecule has 1 heterocycles. The Morgan fingerprint density at radius 3 is 2.40 bits per heavy atom. The standard InChI is InChI=1S/C35H29N5O6S2/c1-22(32(41)39-35-38-30(21-47-35)24-12-8-13-27(19-24)46-2)48-28-17-15-26(16-18-28)36-34(43)29(37-33(42)23-9-4-3-5-10-23)20-25-11-6-7-14-31(25)40(44)45/h3-22H,1-2H3,(H,36,43)(H,37,42)(H,38,39,41)/b29-20-. The molecule has 48 heavy (non-hydrogen) atoms. The van der Waals surface area contributed by atoms with Gasteiger partial charge in [-0.2, -0.15) is 0 Å². The second-order valence-corrected chi connectivity index (χ2v) is 12.5. The molecule has 1 atom stereocenters. The molecule has 3 N–H and O–H groups in total. The second kappa shape index (κ2) is 15.7. The van der Waals surface area contributed by atoms with Gasteiger partial charge in [0.05, 0.1) is 28.5 Å². The van der Waals surface area contributed by atoms with Crippen molar-refractivity contribution in [2.45, 2.75) is 17.1 Å². The normalized spacial score (nSPS) is 11.7. The van der Waals surface area contributed by atoms with Crippen LogP contribution in [-0.4, -0.2) is 40.0 Å². The lowest BCUT2D eigenvalue weighted by Gasteiger charge is -2.13. The van der Waals surface area contributed by atoms with Crippen molar-refractivity contribution in [2.75, 3.05) is 17.7 Å². The number of methoxy groups -OCH3 is 1. The van der Waals surface area contributed by atoms with E-state index in [-0.39, 0.29) is 22.9 Å². The Balaban J connectivity index is 1.24. The van der Waals surface area contributed by atoms with E-state index in [9.17, 15) is 24.5 Å². The zero-order valence-corrected chi connectivity index (χ0v) is 27.3. The van der Waals surface area contributed by atoms with Crippen LogP contribution in [0.15, 0.2) is 119 Å². The number of nitrogens with one attached hydrogen (secondary N) is 3. The van der Waals surface area contributed by atoms with Crippen LogP contribution in [0.5, 0.6) is 5.75 Å². The summed E-state index contributed by atoms with van der Waals surface area (Å²) in [6.45, 7) is 1.78. The number of hydrogen-bond acceptors (Lipinski definition) is 9. The minimum atomic E-state index is -0.678. The third-order valence-corrected chi connectivity index (χ3v) is 8.73. The number of rotatable bonds is 12. The molecule has 0 saturated carbocycles. The molecular weight excluding hydrogens is 651 g/mol. The summed E-state index contributed by atoms with van der Waals surface area (Å²) in [7, 11) is 1.60. The first-order valence-corrected chi connectivity index (χ1v) is 16.3. The monoisotopic (exact) mass is 679 g/mol. The molecule has 0 aliphatic rings. The maximum atomic E-state index is 13.4. The fourth-order valence-electron chi connectivity index (χ4n) is 4.40. The van der Waals surface area contributed by atoms with Gasteiger partial charge >= 0.3 is 0 Å². The van der Waals surface area contributed by atoms with Gasteiger partial charge in [-0.25, -0.2) is 4.98 Å². The number of thioether (sulfide) groups is 1. The lowest BCUT2D eigenvalue weighted by molar-refractivity contribution is -0.385. The van der Waals surface area contributed by atoms with Crippen molar-refractivity contribution in [1.29, 1.82) is 0 Å². The lowest BCUT2D eigenvalue weighted by atomic mass is 10.1. The minimum absolute atomic E-state index is 0.147. The van der Waals surface area contributed by atoms with Crippen LogP contribution in [0.3, 0.4) is 0 Å². The summed E-state index contributed by atoms with van der Waals surface area (Å²) in [4.78, 5) is 55.6. The molecule has 0 spiro atoms. The van der Waals surface area contributed by atoms with Gasteiger partial charge in [0, 0.05) is 33.2 Å². The van der Waals surface area contributed by atoms with E-state index in [4.69, 9.17) is 4.74 Å². The first-order chi connectivity index (χ1) is 23.2. The van der Waals surface area contributed by atoms with Gasteiger partial charge in [0.2, 0.25) is 5.91 Å². The predicted molar refractivity (Wildman–Crippen MR) is 188 cm³/mol. The van der Waals surface area contributed by atoms with Gasteiger partial charge in [0.15, 0.2) is 5.13 Å². The number of nitro groups is 1. The molecule has 0 aliphatic heterocycles. The Hall–Kier alpha value is -5.79. The van der Waals surface area contributed by atoms with Crippen LogP contribution in [0.1, 0.15) is 22.8 Å². The number of nitro benzene ring substituents is 1. The van der Waals surface area contributed by atoms with Crippen LogP contribution in [0.25, 0.3) is 17.3 Å². The minimum Gasteiger partial charge on any atom is -0.497 e. The molecule has 0 aliphatic carbocycles. The molecule has 4 aromatic carbocycles. The SMILES string of the molecule is COc1cccc(-c2csc(NC(=O)C(C)Sc3ccc(NC(=O)/C(=C/c4ccccc4[N+](=O)[O-])NC(=O)c4ccccc4)cc3)n2)c1. The van der Waals surface area contributed by atoms with Crippen molar-refractivity contribution >= 4 is 63.4 Å². The maximum Gasteiger partial charge on any atom is 0.276 e. The number of benzene rings is 4. The predicted octanol–water partition coefficient (Wildman–Crippen LogP) is 7.26. The van der Waals surface area contributed by atoms with Crippen LogP contribution in [0.2, 0.25) is 0 Å². The quantitative estimate of drug-likeness (QED) is 0.0539. The molecule has 0 saturated heterocycles. The topological polar surface area (TPSA) is 153 Å². The summed E-state index contributed by atoms with van der Waals surface area (Å²) in [5.41, 5.74) is 2.08. The highest BCUT2D eigenvalue weighted by Gasteiger charge is 2.20. The summed E-state index contributed by atoms with van der Waals surface area (Å²) >= 11 is 2.66. The average Bonchev–Trinajstić information content (AvgIpc) is 3.57. The van der Waals surface area contributed by atoms with E-state index < -0.39 is 22.0 Å². The zero-order chi connectivity index (χ0) is 34.0. The lowest BCUT2D eigenvalue weighted by Crippen LogP contribution is -2.30. The third kappa shape index (κ3) is 8.72. The summed E-state index contributed by atoms with van der Waals surface area (Å²) in [5, 5.41) is 21.6. The highest BCUT2D eigenvalue weighted by atomic mass is 32.2. The summed E-state index contributed by atoms with van der Waals surface area (Å²) < 4.78 is 5.28. The van der Waals surface area contributed by atoms with Gasteiger partial charge in [-0.15, -0.1) is 23.1 Å². The van der Waals surface area contributed by atoms with E-state index in [1.807, 2.05) is 29.6 Å². The van der Waals surface area contributed by atoms with Gasteiger partial charge in [-0.1, -0.05) is 42.5 Å². The maximum absolute atomic E-state index is 13.4. The highest BCUT2D eigenvalue weighted by Crippen LogP contribution is 2.30. The molecule has 0 bridgehead atoms. The molecule has 5 aromatic rings. The van der Waals surface area contributed by atoms with E-state index in [2.05, 4.69) is 20.9 Å². The van der Waals surface area contributed by atoms with Gasteiger partial charge in [-0.3, -0.25) is 24.5 Å². The molecule has 0 fully saturated rings. The Morgan fingerprint density at radius 1 is 0.938 bits per heavy atom. The molecule has 3 amide bonds. The van der Waals surface area contributed by atoms with Crippen molar-refractivity contribution in [1.82, 2.24) is 10.3 Å². The number of ether oxygens (including phenoxy) is 1. The van der Waals surface area contributed by atoms with Crippen molar-refractivity contribution < 1.29 is 24.0 Å². The smallest absolute Gasteiger partial charge is 0.276 e. The van der Waals surface area contributed by atoms with Gasteiger partial charge in [-0.05, 0) is 67.6 Å². The van der Waals surface area contributed by atoms with E-state index >= 15 is 0 Å². The van der Waals surface area contributed by atoms with Crippen LogP contribution in [0, 0.1) is 10.1 Å². The Bertz CT molecular complexity index is 1980. The van der Waals surface area contributed by atoms with Gasteiger partial charge in [0.1, 0.15) is 11.4 Å². The number of nitrogens with zero attached hydrogens (tertiary/aromatic N) is 2. The number of carbonyl (C=O) groups excluding carboxylic acids is 3. The Morgan fingerprint density at radius 2 is 1.67 bits per heavy atom. The molecule has 1 aromatic heterocycles. The van der Waals surface area contributed by atoms with Crippen molar-refractivity contribution in [2.24, 2.45) is 0 Å². The summed E-state index contributed by atoms with van der Waals surface area (Å²) in [5.74, 6) is -0.735. The number of para-hydroxylation sites is 1. The number of hydrogen-bond donors (Lipinski definition) is 3. The number of amides is 3. The zero-order valence-electron chi connectivity index (χ0n) is 25.7. The van der Waals surface area contributed by atoms with E-state index in [1.54, 1.807) is 74.7 Å². The fourth-order valence-corrected chi connectivity index (χ4v) is 5.99. The molecule has 0 radical (unpaired) electrons. The van der Waals surface area contributed by atoms with Gasteiger partial charge < -0.3 is 20.7 Å². The molecule has 13 heteroatoms. The van der Waals surface area contributed by atoms with Crippen LogP contribution >= 0.6 is 23.1 Å². The molecular formula is C35H29N5O6S2. The summed E-state index contributed by atoms with van der Waals surface area (Å²) in [6.07, 6.45) is 1.26. The van der Waals surface area contributed by atoms with Crippen LogP contribution in [0.4, 0.5) is 16.5 Å². The van der Waals surface area contributed by atoms with Crippen molar-refractivity contribution in [3.8, 4) is 17.0 Å². The highest BCUT2D eigenvalue weighted by molar-refractivity contribution is 8.00.